The normalized spacial score (nSPS) is 17.7. The summed E-state index contributed by atoms with van der Waals surface area (Å²) >= 11 is 0. The molecular formula is C11H19N3O. The molecule has 2 rings (SSSR count). The Hall–Kier alpha value is -1.03. The van der Waals surface area contributed by atoms with Gasteiger partial charge in [-0.15, -0.1) is 0 Å². The van der Waals surface area contributed by atoms with Gasteiger partial charge in [0, 0.05) is 31.6 Å². The zero-order valence-electron chi connectivity index (χ0n) is 9.44. The molecule has 1 N–H and O–H groups in total. The molecule has 0 aromatic carbocycles. The Morgan fingerprint density at radius 3 is 3.13 bits per heavy atom. The molecule has 1 fully saturated rings. The van der Waals surface area contributed by atoms with Crippen molar-refractivity contribution in [2.75, 3.05) is 18.5 Å². The Kier molecular flexibility index (Phi) is 3.26. The van der Waals surface area contributed by atoms with Crippen LogP contribution >= 0.6 is 0 Å². The molecule has 0 radical (unpaired) electrons. The summed E-state index contributed by atoms with van der Waals surface area (Å²) in [6, 6.07) is 0.678. The van der Waals surface area contributed by atoms with Gasteiger partial charge in [0.2, 0.25) is 5.95 Å². The van der Waals surface area contributed by atoms with E-state index in [9.17, 15) is 0 Å². The SMILES string of the molecule is CCOC(C)CNc1nccn1C1CC1. The number of nitrogens with zero attached hydrogens (tertiary/aromatic N) is 2. The largest absolute Gasteiger partial charge is 0.377 e. The molecule has 1 unspecified atom stereocenters. The molecule has 0 spiro atoms. The Labute approximate surface area is 90.6 Å². The van der Waals surface area contributed by atoms with Crippen molar-refractivity contribution in [2.24, 2.45) is 0 Å². The summed E-state index contributed by atoms with van der Waals surface area (Å²) in [4.78, 5) is 4.31. The minimum Gasteiger partial charge on any atom is -0.377 e. The van der Waals surface area contributed by atoms with Crippen LogP contribution in [0, 0.1) is 0 Å². The predicted octanol–water partition coefficient (Wildman–Crippen LogP) is 2.05. The van der Waals surface area contributed by atoms with Gasteiger partial charge in [0.15, 0.2) is 0 Å². The molecular weight excluding hydrogens is 190 g/mol. The van der Waals surface area contributed by atoms with E-state index in [-0.39, 0.29) is 6.10 Å². The second-order valence-electron chi connectivity index (χ2n) is 4.04. The van der Waals surface area contributed by atoms with Crippen molar-refractivity contribution in [1.82, 2.24) is 9.55 Å². The van der Waals surface area contributed by atoms with E-state index in [1.54, 1.807) is 0 Å². The first kappa shape index (κ1) is 10.5. The van der Waals surface area contributed by atoms with Gasteiger partial charge in [0.25, 0.3) is 0 Å². The van der Waals surface area contributed by atoms with Crippen LogP contribution < -0.4 is 5.32 Å². The van der Waals surface area contributed by atoms with Crippen LogP contribution in [0.2, 0.25) is 0 Å². The number of hydrogen-bond acceptors (Lipinski definition) is 3. The van der Waals surface area contributed by atoms with Gasteiger partial charge in [-0.1, -0.05) is 0 Å². The lowest BCUT2D eigenvalue weighted by atomic mass is 10.4. The van der Waals surface area contributed by atoms with E-state index in [0.717, 1.165) is 19.1 Å². The molecule has 0 aliphatic heterocycles. The first-order valence-electron chi connectivity index (χ1n) is 5.69. The lowest BCUT2D eigenvalue weighted by Crippen LogP contribution is -2.21. The number of ether oxygens (including phenoxy) is 1. The zero-order valence-corrected chi connectivity index (χ0v) is 9.44. The van der Waals surface area contributed by atoms with Crippen LogP contribution in [0.3, 0.4) is 0 Å². The fraction of sp³-hybridized carbons (Fsp3) is 0.727. The van der Waals surface area contributed by atoms with Gasteiger partial charge in [0.1, 0.15) is 0 Å². The Balaban J connectivity index is 1.84. The number of anilines is 1. The van der Waals surface area contributed by atoms with Crippen LogP contribution in [0.1, 0.15) is 32.7 Å². The van der Waals surface area contributed by atoms with Gasteiger partial charge in [0.05, 0.1) is 6.10 Å². The lowest BCUT2D eigenvalue weighted by molar-refractivity contribution is 0.0853. The summed E-state index contributed by atoms with van der Waals surface area (Å²) in [7, 11) is 0. The number of aromatic nitrogens is 2. The maximum atomic E-state index is 5.46. The van der Waals surface area contributed by atoms with Gasteiger partial charge in [-0.25, -0.2) is 4.98 Å². The average molecular weight is 209 g/mol. The predicted molar refractivity (Wildman–Crippen MR) is 60.1 cm³/mol. The summed E-state index contributed by atoms with van der Waals surface area (Å²) in [6.45, 7) is 5.67. The third-order valence-corrected chi connectivity index (χ3v) is 2.61. The first-order valence-corrected chi connectivity index (χ1v) is 5.69. The van der Waals surface area contributed by atoms with E-state index < -0.39 is 0 Å². The number of hydrogen-bond donors (Lipinski definition) is 1. The topological polar surface area (TPSA) is 39.1 Å². The van der Waals surface area contributed by atoms with Crippen molar-refractivity contribution in [3.8, 4) is 0 Å². The van der Waals surface area contributed by atoms with Crippen LogP contribution in [0.25, 0.3) is 0 Å². The second-order valence-corrected chi connectivity index (χ2v) is 4.04. The summed E-state index contributed by atoms with van der Waals surface area (Å²) in [5.74, 6) is 0.976. The molecule has 4 nitrogen and oxygen atoms in total. The average Bonchev–Trinajstić information content (AvgIpc) is 2.96. The number of rotatable bonds is 6. The van der Waals surface area contributed by atoms with Crippen molar-refractivity contribution in [3.63, 3.8) is 0 Å². The van der Waals surface area contributed by atoms with Crippen molar-refractivity contribution < 1.29 is 4.74 Å². The van der Waals surface area contributed by atoms with Gasteiger partial charge in [-0.3, -0.25) is 0 Å². The van der Waals surface area contributed by atoms with Crippen LogP contribution in [-0.2, 0) is 4.74 Å². The van der Waals surface area contributed by atoms with Gasteiger partial charge < -0.3 is 14.6 Å². The highest BCUT2D eigenvalue weighted by Crippen LogP contribution is 2.36. The maximum Gasteiger partial charge on any atom is 0.203 e. The molecule has 1 aliphatic rings. The molecule has 0 amide bonds. The molecule has 4 heteroatoms. The van der Waals surface area contributed by atoms with E-state index in [0.29, 0.717) is 6.04 Å². The van der Waals surface area contributed by atoms with Crippen LogP contribution in [0.15, 0.2) is 12.4 Å². The number of nitrogens with one attached hydrogen (secondary N) is 1. The van der Waals surface area contributed by atoms with Crippen LogP contribution in [0.5, 0.6) is 0 Å². The maximum absolute atomic E-state index is 5.46. The van der Waals surface area contributed by atoms with Gasteiger partial charge in [-0.05, 0) is 26.7 Å². The molecule has 1 atom stereocenters. The minimum absolute atomic E-state index is 0.236. The van der Waals surface area contributed by atoms with Gasteiger partial charge >= 0.3 is 0 Å². The zero-order chi connectivity index (χ0) is 10.7. The molecule has 1 aromatic heterocycles. The third kappa shape index (κ3) is 2.72. The second kappa shape index (κ2) is 4.66. The van der Waals surface area contributed by atoms with E-state index in [2.05, 4.69) is 21.8 Å². The first-order chi connectivity index (χ1) is 7.31. The quantitative estimate of drug-likeness (QED) is 0.779. The monoisotopic (exact) mass is 209 g/mol. The highest BCUT2D eigenvalue weighted by atomic mass is 16.5. The molecule has 1 aromatic rings. The molecule has 1 aliphatic carbocycles. The molecule has 15 heavy (non-hydrogen) atoms. The molecule has 1 saturated carbocycles. The van der Waals surface area contributed by atoms with Crippen LogP contribution in [-0.4, -0.2) is 28.8 Å². The smallest absolute Gasteiger partial charge is 0.203 e. The highest BCUT2D eigenvalue weighted by molar-refractivity contribution is 5.27. The summed E-state index contributed by atoms with van der Waals surface area (Å²) in [5, 5.41) is 3.33. The fourth-order valence-corrected chi connectivity index (χ4v) is 1.68. The molecule has 0 bridgehead atoms. The standard InChI is InChI=1S/C11H19N3O/c1-3-15-9(2)8-13-11-12-6-7-14(11)10-4-5-10/h6-7,9-10H,3-5,8H2,1-2H3,(H,12,13). The lowest BCUT2D eigenvalue weighted by Gasteiger charge is -2.14. The van der Waals surface area contributed by atoms with E-state index in [1.165, 1.54) is 12.8 Å². The van der Waals surface area contributed by atoms with Crippen molar-refractivity contribution in [3.05, 3.63) is 12.4 Å². The van der Waals surface area contributed by atoms with Crippen LogP contribution in [0.4, 0.5) is 5.95 Å². The Morgan fingerprint density at radius 2 is 2.47 bits per heavy atom. The molecule has 0 saturated heterocycles. The minimum atomic E-state index is 0.236. The third-order valence-electron chi connectivity index (χ3n) is 2.61. The fourth-order valence-electron chi connectivity index (χ4n) is 1.68. The summed E-state index contributed by atoms with van der Waals surface area (Å²) < 4.78 is 7.68. The van der Waals surface area contributed by atoms with E-state index in [1.807, 2.05) is 19.3 Å². The van der Waals surface area contributed by atoms with Crippen molar-refractivity contribution in [1.29, 1.82) is 0 Å². The summed E-state index contributed by atoms with van der Waals surface area (Å²) in [5.41, 5.74) is 0. The van der Waals surface area contributed by atoms with Gasteiger partial charge in [-0.2, -0.15) is 0 Å². The highest BCUT2D eigenvalue weighted by Gasteiger charge is 2.25. The molecule has 1 heterocycles. The Bertz CT molecular complexity index is 307. The number of imidazole rings is 1. The van der Waals surface area contributed by atoms with Crippen molar-refractivity contribution in [2.45, 2.75) is 38.8 Å². The van der Waals surface area contributed by atoms with Crippen molar-refractivity contribution >= 4 is 5.95 Å². The van der Waals surface area contributed by atoms with E-state index >= 15 is 0 Å². The van der Waals surface area contributed by atoms with E-state index in [4.69, 9.17) is 4.74 Å². The summed E-state index contributed by atoms with van der Waals surface area (Å²) in [6.07, 6.45) is 6.70. The molecule has 84 valence electrons. The Morgan fingerprint density at radius 1 is 1.67 bits per heavy atom.